The third-order valence-electron chi connectivity index (χ3n) is 4.36. The van der Waals surface area contributed by atoms with Gasteiger partial charge in [0, 0.05) is 37.4 Å². The van der Waals surface area contributed by atoms with Crippen LogP contribution in [-0.4, -0.2) is 41.0 Å². The minimum absolute atomic E-state index is 0.0995. The Labute approximate surface area is 137 Å². The van der Waals surface area contributed by atoms with Crippen molar-refractivity contribution in [3.8, 4) is 0 Å². The van der Waals surface area contributed by atoms with Gasteiger partial charge in [-0.15, -0.1) is 0 Å². The number of hydrogen-bond donors (Lipinski definition) is 0. The average Bonchev–Trinajstić information content (AvgIpc) is 2.75. The average molecular weight is 313 g/mol. The number of rotatable bonds is 4. The van der Waals surface area contributed by atoms with Gasteiger partial charge in [-0.3, -0.25) is 14.8 Å². The van der Waals surface area contributed by atoms with Gasteiger partial charge in [-0.1, -0.05) is 24.3 Å². The summed E-state index contributed by atoms with van der Waals surface area (Å²) < 4.78 is 13.8. The van der Waals surface area contributed by atoms with Gasteiger partial charge in [-0.2, -0.15) is 0 Å². The Morgan fingerprint density at radius 2 is 1.65 bits per heavy atom. The Kier molecular flexibility index (Phi) is 5.36. The van der Waals surface area contributed by atoms with Gasteiger partial charge in [0.25, 0.3) is 0 Å². The summed E-state index contributed by atoms with van der Waals surface area (Å²) in [5, 5.41) is 0. The molecule has 23 heavy (non-hydrogen) atoms. The molecule has 0 N–H and O–H groups in total. The summed E-state index contributed by atoms with van der Waals surface area (Å²) in [4.78, 5) is 9.39. The molecule has 0 atom stereocenters. The fraction of sp³-hybridized carbons (Fsp3) is 0.421. The minimum atomic E-state index is -0.0995. The van der Waals surface area contributed by atoms with Crippen molar-refractivity contribution in [2.75, 3.05) is 26.2 Å². The van der Waals surface area contributed by atoms with E-state index >= 15 is 0 Å². The molecule has 2 heterocycles. The van der Waals surface area contributed by atoms with E-state index in [2.05, 4.69) is 26.9 Å². The Balaban J connectivity index is 1.56. The molecule has 1 saturated heterocycles. The monoisotopic (exact) mass is 313 g/mol. The summed E-state index contributed by atoms with van der Waals surface area (Å²) in [6.07, 6.45) is 1.11. The summed E-state index contributed by atoms with van der Waals surface area (Å²) in [7, 11) is 0. The lowest BCUT2D eigenvalue weighted by molar-refractivity contribution is 0.244. The van der Waals surface area contributed by atoms with Crippen molar-refractivity contribution >= 4 is 0 Å². The first-order chi connectivity index (χ1) is 11.2. The molecule has 1 aliphatic heterocycles. The molecule has 1 aromatic carbocycles. The smallest absolute Gasteiger partial charge is 0.127 e. The number of aromatic nitrogens is 1. The highest BCUT2D eigenvalue weighted by Crippen LogP contribution is 2.13. The third-order valence-corrected chi connectivity index (χ3v) is 4.36. The normalized spacial score (nSPS) is 17.1. The SMILES string of the molecule is Cc1cccc(CN2CCCN(Cc3ccccc3F)CC2)n1. The van der Waals surface area contributed by atoms with Crippen LogP contribution in [0.2, 0.25) is 0 Å². The molecule has 0 spiro atoms. The summed E-state index contributed by atoms with van der Waals surface area (Å²) in [5.41, 5.74) is 2.99. The molecule has 0 saturated carbocycles. The molecule has 1 fully saturated rings. The van der Waals surface area contributed by atoms with Crippen molar-refractivity contribution in [1.82, 2.24) is 14.8 Å². The van der Waals surface area contributed by atoms with Gasteiger partial charge >= 0.3 is 0 Å². The zero-order chi connectivity index (χ0) is 16.1. The van der Waals surface area contributed by atoms with E-state index in [-0.39, 0.29) is 5.82 Å². The van der Waals surface area contributed by atoms with Crippen molar-refractivity contribution in [2.45, 2.75) is 26.4 Å². The molecule has 2 aromatic rings. The lowest BCUT2D eigenvalue weighted by Gasteiger charge is -2.22. The molecule has 0 aliphatic carbocycles. The van der Waals surface area contributed by atoms with Gasteiger partial charge in [0.1, 0.15) is 5.82 Å². The minimum Gasteiger partial charge on any atom is -0.298 e. The van der Waals surface area contributed by atoms with Crippen molar-refractivity contribution < 1.29 is 4.39 Å². The van der Waals surface area contributed by atoms with E-state index in [0.717, 1.165) is 56.1 Å². The van der Waals surface area contributed by atoms with Gasteiger partial charge in [-0.05, 0) is 44.6 Å². The van der Waals surface area contributed by atoms with Gasteiger partial charge in [0.15, 0.2) is 0 Å². The highest BCUT2D eigenvalue weighted by molar-refractivity contribution is 5.17. The molecule has 1 aromatic heterocycles. The summed E-state index contributed by atoms with van der Waals surface area (Å²) in [6.45, 7) is 7.69. The van der Waals surface area contributed by atoms with E-state index in [1.54, 1.807) is 12.1 Å². The zero-order valence-electron chi connectivity index (χ0n) is 13.7. The van der Waals surface area contributed by atoms with Crippen molar-refractivity contribution in [2.24, 2.45) is 0 Å². The van der Waals surface area contributed by atoms with Crippen LogP contribution in [0.4, 0.5) is 4.39 Å². The van der Waals surface area contributed by atoms with Gasteiger partial charge in [-0.25, -0.2) is 4.39 Å². The van der Waals surface area contributed by atoms with E-state index in [9.17, 15) is 4.39 Å². The first kappa shape index (κ1) is 16.1. The maximum atomic E-state index is 13.8. The van der Waals surface area contributed by atoms with Crippen molar-refractivity contribution in [3.63, 3.8) is 0 Å². The highest BCUT2D eigenvalue weighted by atomic mass is 19.1. The van der Waals surface area contributed by atoms with Crippen LogP contribution in [0.5, 0.6) is 0 Å². The number of nitrogens with zero attached hydrogens (tertiary/aromatic N) is 3. The topological polar surface area (TPSA) is 19.4 Å². The number of benzene rings is 1. The van der Waals surface area contributed by atoms with Gasteiger partial charge in [0.05, 0.1) is 5.69 Å². The molecular formula is C19H24FN3. The lowest BCUT2D eigenvalue weighted by Crippen LogP contribution is -2.30. The lowest BCUT2D eigenvalue weighted by atomic mass is 10.2. The van der Waals surface area contributed by atoms with E-state index in [0.29, 0.717) is 6.54 Å². The fourth-order valence-corrected chi connectivity index (χ4v) is 3.12. The Hall–Kier alpha value is -1.78. The zero-order valence-corrected chi connectivity index (χ0v) is 13.7. The summed E-state index contributed by atoms with van der Waals surface area (Å²) >= 11 is 0. The molecular weight excluding hydrogens is 289 g/mol. The molecule has 122 valence electrons. The van der Waals surface area contributed by atoms with Crippen LogP contribution in [0.15, 0.2) is 42.5 Å². The second-order valence-corrected chi connectivity index (χ2v) is 6.27. The standard InChI is InChI=1S/C19H24FN3/c1-16-6-4-8-18(21-16)15-23-11-5-10-22(12-13-23)14-17-7-2-3-9-19(17)20/h2-4,6-9H,5,10-15H2,1H3. The maximum Gasteiger partial charge on any atom is 0.127 e. The van der Waals surface area contributed by atoms with Crippen LogP contribution >= 0.6 is 0 Å². The van der Waals surface area contributed by atoms with Crippen LogP contribution in [0.3, 0.4) is 0 Å². The van der Waals surface area contributed by atoms with Gasteiger partial charge in [0.2, 0.25) is 0 Å². The Morgan fingerprint density at radius 3 is 2.39 bits per heavy atom. The van der Waals surface area contributed by atoms with E-state index in [1.165, 1.54) is 0 Å². The number of halogens is 1. The van der Waals surface area contributed by atoms with Gasteiger partial charge < -0.3 is 0 Å². The second-order valence-electron chi connectivity index (χ2n) is 6.27. The van der Waals surface area contributed by atoms with E-state index < -0.39 is 0 Å². The number of aryl methyl sites for hydroxylation is 1. The maximum absolute atomic E-state index is 13.8. The van der Waals surface area contributed by atoms with Crippen LogP contribution in [0.25, 0.3) is 0 Å². The van der Waals surface area contributed by atoms with Crippen molar-refractivity contribution in [3.05, 3.63) is 65.2 Å². The molecule has 0 radical (unpaired) electrons. The summed E-state index contributed by atoms with van der Waals surface area (Å²) in [6, 6.07) is 13.3. The molecule has 0 amide bonds. The molecule has 3 nitrogen and oxygen atoms in total. The van der Waals surface area contributed by atoms with Crippen LogP contribution in [0, 0.1) is 12.7 Å². The fourth-order valence-electron chi connectivity index (χ4n) is 3.12. The second kappa shape index (κ2) is 7.66. The third kappa shape index (κ3) is 4.60. The first-order valence-corrected chi connectivity index (χ1v) is 8.31. The number of hydrogen-bond acceptors (Lipinski definition) is 3. The predicted octanol–water partition coefficient (Wildman–Crippen LogP) is 3.24. The Bertz CT molecular complexity index is 644. The molecule has 3 rings (SSSR count). The summed E-state index contributed by atoms with van der Waals surface area (Å²) in [5.74, 6) is -0.0995. The molecule has 0 unspecified atom stereocenters. The van der Waals surface area contributed by atoms with E-state index in [1.807, 2.05) is 25.1 Å². The highest BCUT2D eigenvalue weighted by Gasteiger charge is 2.16. The number of pyridine rings is 1. The molecule has 4 heteroatoms. The molecule has 1 aliphatic rings. The molecule has 0 bridgehead atoms. The van der Waals surface area contributed by atoms with Crippen molar-refractivity contribution in [1.29, 1.82) is 0 Å². The van der Waals surface area contributed by atoms with Crippen LogP contribution in [0.1, 0.15) is 23.4 Å². The van der Waals surface area contributed by atoms with Crippen LogP contribution < -0.4 is 0 Å². The van der Waals surface area contributed by atoms with Crippen LogP contribution in [-0.2, 0) is 13.1 Å². The largest absolute Gasteiger partial charge is 0.298 e. The Morgan fingerprint density at radius 1 is 0.913 bits per heavy atom. The quantitative estimate of drug-likeness (QED) is 0.864. The predicted molar refractivity (Wildman–Crippen MR) is 90.5 cm³/mol. The first-order valence-electron chi connectivity index (χ1n) is 8.31. The van der Waals surface area contributed by atoms with E-state index in [4.69, 9.17) is 0 Å².